The van der Waals surface area contributed by atoms with Gasteiger partial charge in [0.2, 0.25) is 5.75 Å². The standard InChI is InChI=1S/C28H28ClN5O5S/c1-5-39-22-13-11-21(12-14-22)34-27(18-6-9-20(29)10-7-18)32-33-28(34)40-17-24(35)31-30-16-19-8-15-23(36-2)26(38-4)25(19)37-3/h6-16H,5,17H2,1-4H3,(H,31,35). The number of benzene rings is 3. The number of aromatic nitrogens is 3. The van der Waals surface area contributed by atoms with Crippen LogP contribution in [0.3, 0.4) is 0 Å². The lowest BCUT2D eigenvalue weighted by Crippen LogP contribution is -2.20. The third-order valence-corrected chi connectivity index (χ3v) is 6.78. The Hall–Kier alpha value is -4.22. The first-order valence-corrected chi connectivity index (χ1v) is 13.5. The molecule has 0 atom stereocenters. The molecule has 12 heteroatoms. The Morgan fingerprint density at radius 2 is 1.70 bits per heavy atom. The van der Waals surface area contributed by atoms with Crippen molar-refractivity contribution in [2.75, 3.05) is 33.7 Å². The van der Waals surface area contributed by atoms with Gasteiger partial charge in [-0.15, -0.1) is 10.2 Å². The number of amides is 1. The Bertz CT molecular complexity index is 1480. The number of ether oxygens (including phenoxy) is 4. The third-order valence-electron chi connectivity index (χ3n) is 5.60. The second kappa shape index (κ2) is 13.7. The highest BCUT2D eigenvalue weighted by Crippen LogP contribution is 2.39. The van der Waals surface area contributed by atoms with Gasteiger partial charge in [0.05, 0.1) is 39.9 Å². The van der Waals surface area contributed by atoms with Crippen LogP contribution in [0.25, 0.3) is 17.1 Å². The molecule has 0 spiro atoms. The molecule has 10 nitrogen and oxygen atoms in total. The minimum Gasteiger partial charge on any atom is -0.494 e. The largest absolute Gasteiger partial charge is 0.494 e. The van der Waals surface area contributed by atoms with E-state index in [-0.39, 0.29) is 11.7 Å². The molecule has 0 aliphatic carbocycles. The smallest absolute Gasteiger partial charge is 0.250 e. The van der Waals surface area contributed by atoms with E-state index < -0.39 is 0 Å². The second-order valence-corrected chi connectivity index (χ2v) is 9.46. The monoisotopic (exact) mass is 581 g/mol. The quantitative estimate of drug-likeness (QED) is 0.137. The van der Waals surface area contributed by atoms with E-state index in [0.29, 0.717) is 45.4 Å². The van der Waals surface area contributed by atoms with E-state index >= 15 is 0 Å². The van der Waals surface area contributed by atoms with E-state index in [1.807, 2.05) is 47.9 Å². The van der Waals surface area contributed by atoms with Crippen molar-refractivity contribution in [2.45, 2.75) is 12.1 Å². The van der Waals surface area contributed by atoms with Crippen molar-refractivity contribution in [1.29, 1.82) is 0 Å². The first-order valence-electron chi connectivity index (χ1n) is 12.2. The molecule has 0 aliphatic rings. The van der Waals surface area contributed by atoms with E-state index in [0.717, 1.165) is 17.0 Å². The molecule has 208 valence electrons. The van der Waals surface area contributed by atoms with Crippen LogP contribution in [0.5, 0.6) is 23.0 Å². The van der Waals surface area contributed by atoms with Gasteiger partial charge in [-0.05, 0) is 67.6 Å². The molecule has 4 rings (SSSR count). The molecule has 0 saturated carbocycles. The Balaban J connectivity index is 1.51. The van der Waals surface area contributed by atoms with Crippen LogP contribution in [0.1, 0.15) is 12.5 Å². The van der Waals surface area contributed by atoms with Crippen LogP contribution in [-0.4, -0.2) is 60.6 Å². The predicted octanol–water partition coefficient (Wildman–Crippen LogP) is 5.25. The maximum Gasteiger partial charge on any atom is 0.250 e. The molecule has 0 bridgehead atoms. The fourth-order valence-electron chi connectivity index (χ4n) is 3.80. The van der Waals surface area contributed by atoms with E-state index in [1.54, 1.807) is 24.3 Å². The van der Waals surface area contributed by atoms with Gasteiger partial charge < -0.3 is 18.9 Å². The molecule has 0 fully saturated rings. The van der Waals surface area contributed by atoms with Gasteiger partial charge in [-0.25, -0.2) is 5.43 Å². The van der Waals surface area contributed by atoms with Crippen molar-refractivity contribution in [3.63, 3.8) is 0 Å². The first-order chi connectivity index (χ1) is 19.5. The number of nitrogens with one attached hydrogen (secondary N) is 1. The maximum atomic E-state index is 12.7. The molecule has 1 N–H and O–H groups in total. The molecule has 1 amide bonds. The Kier molecular flexibility index (Phi) is 9.87. The lowest BCUT2D eigenvalue weighted by molar-refractivity contribution is -0.118. The van der Waals surface area contributed by atoms with Gasteiger partial charge >= 0.3 is 0 Å². The van der Waals surface area contributed by atoms with Crippen molar-refractivity contribution in [3.05, 3.63) is 71.2 Å². The average molecular weight is 582 g/mol. The number of nitrogens with zero attached hydrogens (tertiary/aromatic N) is 4. The van der Waals surface area contributed by atoms with Gasteiger partial charge in [0, 0.05) is 21.8 Å². The summed E-state index contributed by atoms with van der Waals surface area (Å²) in [6, 6.07) is 18.4. The molecule has 3 aromatic carbocycles. The molecular formula is C28H28ClN5O5S. The normalized spacial score (nSPS) is 10.9. The molecule has 4 aromatic rings. The molecular weight excluding hydrogens is 554 g/mol. The number of methoxy groups -OCH3 is 3. The van der Waals surface area contributed by atoms with Crippen LogP contribution in [0.2, 0.25) is 5.02 Å². The van der Waals surface area contributed by atoms with E-state index in [1.165, 1.54) is 39.3 Å². The van der Waals surface area contributed by atoms with Crippen LogP contribution in [0.4, 0.5) is 0 Å². The van der Waals surface area contributed by atoms with Gasteiger partial charge in [-0.2, -0.15) is 5.10 Å². The zero-order valence-electron chi connectivity index (χ0n) is 22.4. The number of rotatable bonds is 12. The van der Waals surface area contributed by atoms with Crippen LogP contribution in [-0.2, 0) is 4.79 Å². The number of halogens is 1. The number of hydrazone groups is 1. The van der Waals surface area contributed by atoms with E-state index in [4.69, 9.17) is 30.5 Å². The zero-order valence-corrected chi connectivity index (χ0v) is 24.0. The number of thioether (sulfide) groups is 1. The van der Waals surface area contributed by atoms with Gasteiger partial charge in [0.15, 0.2) is 22.5 Å². The van der Waals surface area contributed by atoms with Gasteiger partial charge in [0.1, 0.15) is 5.75 Å². The van der Waals surface area contributed by atoms with Crippen LogP contribution < -0.4 is 24.4 Å². The molecule has 0 radical (unpaired) electrons. The SMILES string of the molecule is CCOc1ccc(-n2c(SCC(=O)NN=Cc3ccc(OC)c(OC)c3OC)nnc2-c2ccc(Cl)cc2)cc1. The Labute approximate surface area is 241 Å². The lowest BCUT2D eigenvalue weighted by Gasteiger charge is -2.13. The minimum absolute atomic E-state index is 0.0518. The number of carbonyl (C=O) groups is 1. The van der Waals surface area contributed by atoms with Crippen molar-refractivity contribution in [3.8, 4) is 40.1 Å². The minimum atomic E-state index is -0.324. The third kappa shape index (κ3) is 6.67. The summed E-state index contributed by atoms with van der Waals surface area (Å²) in [5, 5.41) is 14.0. The summed E-state index contributed by atoms with van der Waals surface area (Å²) in [7, 11) is 4.57. The van der Waals surface area contributed by atoms with Gasteiger partial charge in [0.25, 0.3) is 5.91 Å². The topological polar surface area (TPSA) is 109 Å². The molecule has 0 unspecified atom stereocenters. The molecule has 0 aliphatic heterocycles. The summed E-state index contributed by atoms with van der Waals surface area (Å²) in [5.74, 6) is 2.48. The van der Waals surface area contributed by atoms with Crippen LogP contribution >= 0.6 is 23.4 Å². The summed E-state index contributed by atoms with van der Waals surface area (Å²) in [6.07, 6.45) is 1.48. The maximum absolute atomic E-state index is 12.7. The van der Waals surface area contributed by atoms with E-state index in [2.05, 4.69) is 20.7 Å². The van der Waals surface area contributed by atoms with Gasteiger partial charge in [-0.1, -0.05) is 23.4 Å². The van der Waals surface area contributed by atoms with Gasteiger partial charge in [-0.3, -0.25) is 9.36 Å². The summed E-state index contributed by atoms with van der Waals surface area (Å²) < 4.78 is 23.6. The number of hydrogen-bond acceptors (Lipinski definition) is 9. The van der Waals surface area contributed by atoms with Crippen molar-refractivity contribution in [1.82, 2.24) is 20.2 Å². The Morgan fingerprint density at radius 3 is 2.35 bits per heavy atom. The first kappa shape index (κ1) is 28.8. The van der Waals surface area contributed by atoms with Crippen LogP contribution in [0, 0.1) is 0 Å². The summed E-state index contributed by atoms with van der Waals surface area (Å²) >= 11 is 7.32. The fourth-order valence-corrected chi connectivity index (χ4v) is 4.67. The zero-order chi connectivity index (χ0) is 28.5. The average Bonchev–Trinajstić information content (AvgIpc) is 3.40. The second-order valence-electron chi connectivity index (χ2n) is 8.08. The summed E-state index contributed by atoms with van der Waals surface area (Å²) in [6.45, 7) is 2.50. The molecule has 1 aromatic heterocycles. The van der Waals surface area contributed by atoms with Crippen molar-refractivity contribution >= 4 is 35.5 Å². The van der Waals surface area contributed by atoms with Crippen molar-refractivity contribution in [2.24, 2.45) is 5.10 Å². The number of hydrogen-bond donors (Lipinski definition) is 1. The fraction of sp³-hybridized carbons (Fsp3) is 0.214. The molecule has 40 heavy (non-hydrogen) atoms. The highest BCUT2D eigenvalue weighted by atomic mass is 35.5. The lowest BCUT2D eigenvalue weighted by atomic mass is 10.2. The Morgan fingerprint density at radius 1 is 0.975 bits per heavy atom. The summed E-state index contributed by atoms with van der Waals surface area (Å²) in [5.41, 5.74) is 4.79. The predicted molar refractivity (Wildman–Crippen MR) is 156 cm³/mol. The highest BCUT2D eigenvalue weighted by molar-refractivity contribution is 7.99. The van der Waals surface area contributed by atoms with Crippen molar-refractivity contribution < 1.29 is 23.7 Å². The molecule has 1 heterocycles. The number of carbonyl (C=O) groups excluding carboxylic acids is 1. The molecule has 0 saturated heterocycles. The van der Waals surface area contributed by atoms with Crippen LogP contribution in [0.15, 0.2) is 70.9 Å². The highest BCUT2D eigenvalue weighted by Gasteiger charge is 2.18. The van der Waals surface area contributed by atoms with E-state index in [9.17, 15) is 4.79 Å². The summed E-state index contributed by atoms with van der Waals surface area (Å²) in [4.78, 5) is 12.7.